The Labute approximate surface area is 95.1 Å². The molecule has 84 valence electrons. The van der Waals surface area contributed by atoms with E-state index in [1.807, 2.05) is 42.3 Å². The molecule has 2 rings (SSSR count). The van der Waals surface area contributed by atoms with E-state index in [2.05, 4.69) is 9.97 Å². The van der Waals surface area contributed by atoms with Crippen molar-refractivity contribution in [2.45, 2.75) is 18.9 Å². The second kappa shape index (κ2) is 4.90. The van der Waals surface area contributed by atoms with E-state index < -0.39 is 0 Å². The second-order valence-corrected chi connectivity index (χ2v) is 3.90. The molecular formula is C12H16N4. The molecule has 0 radical (unpaired) electrons. The van der Waals surface area contributed by atoms with Crippen LogP contribution in [0.25, 0.3) is 0 Å². The highest BCUT2D eigenvalue weighted by atomic mass is 15.1. The maximum Gasteiger partial charge on any atom is 0.125 e. The van der Waals surface area contributed by atoms with Crippen molar-refractivity contribution >= 4 is 0 Å². The zero-order valence-electron chi connectivity index (χ0n) is 9.37. The third kappa shape index (κ3) is 2.46. The smallest absolute Gasteiger partial charge is 0.125 e. The summed E-state index contributed by atoms with van der Waals surface area (Å²) >= 11 is 0. The fourth-order valence-corrected chi connectivity index (χ4v) is 1.74. The number of hydrogen-bond donors (Lipinski definition) is 1. The monoisotopic (exact) mass is 216 g/mol. The summed E-state index contributed by atoms with van der Waals surface area (Å²) in [6.45, 7) is 0. The Balaban J connectivity index is 1.94. The number of aryl methyl sites for hydroxylation is 2. The Morgan fingerprint density at radius 2 is 2.06 bits per heavy atom. The first-order valence-electron chi connectivity index (χ1n) is 5.39. The third-order valence-corrected chi connectivity index (χ3v) is 2.68. The van der Waals surface area contributed by atoms with Crippen LogP contribution in [0.2, 0.25) is 0 Å². The highest BCUT2D eigenvalue weighted by molar-refractivity contribution is 5.10. The molecule has 0 aliphatic carbocycles. The lowest BCUT2D eigenvalue weighted by Gasteiger charge is -2.11. The lowest BCUT2D eigenvalue weighted by Crippen LogP contribution is -2.16. The van der Waals surface area contributed by atoms with Gasteiger partial charge in [-0.3, -0.25) is 4.98 Å². The zero-order chi connectivity index (χ0) is 11.4. The molecule has 4 heteroatoms. The molecule has 0 aliphatic heterocycles. The number of pyridine rings is 1. The molecule has 16 heavy (non-hydrogen) atoms. The van der Waals surface area contributed by atoms with Crippen LogP contribution in [-0.4, -0.2) is 14.5 Å². The predicted octanol–water partition coefficient (Wildman–Crippen LogP) is 1.45. The van der Waals surface area contributed by atoms with Gasteiger partial charge in [0.05, 0.1) is 6.04 Å². The van der Waals surface area contributed by atoms with E-state index in [1.54, 1.807) is 6.20 Å². The van der Waals surface area contributed by atoms with Crippen molar-refractivity contribution in [3.63, 3.8) is 0 Å². The van der Waals surface area contributed by atoms with Crippen LogP contribution in [0.3, 0.4) is 0 Å². The molecule has 1 atom stereocenters. The van der Waals surface area contributed by atoms with Crippen LogP contribution in [0, 0.1) is 0 Å². The van der Waals surface area contributed by atoms with Gasteiger partial charge in [-0.05, 0) is 30.5 Å². The first-order chi connectivity index (χ1) is 7.77. The van der Waals surface area contributed by atoms with Gasteiger partial charge in [0, 0.05) is 31.8 Å². The average molecular weight is 216 g/mol. The summed E-state index contributed by atoms with van der Waals surface area (Å²) in [6.07, 6.45) is 9.16. The summed E-state index contributed by atoms with van der Waals surface area (Å²) in [5.41, 5.74) is 7.35. The first kappa shape index (κ1) is 10.8. The van der Waals surface area contributed by atoms with Gasteiger partial charge in [0.15, 0.2) is 0 Å². The molecule has 2 aromatic rings. The molecule has 0 bridgehead atoms. The summed E-state index contributed by atoms with van der Waals surface area (Å²) in [6, 6.07) is 4.03. The standard InChI is InChI=1S/C12H16N4/c1-16-9-8-15-12(16)11(13)3-2-10-4-6-14-7-5-10/h4-9,11H,2-3,13H2,1H3. The molecule has 0 saturated carbocycles. The highest BCUT2D eigenvalue weighted by Gasteiger charge is 2.10. The van der Waals surface area contributed by atoms with Gasteiger partial charge in [-0.15, -0.1) is 0 Å². The van der Waals surface area contributed by atoms with Crippen LogP contribution in [0.5, 0.6) is 0 Å². The molecule has 2 heterocycles. The Hall–Kier alpha value is -1.68. The zero-order valence-corrected chi connectivity index (χ0v) is 9.37. The van der Waals surface area contributed by atoms with Gasteiger partial charge in [-0.1, -0.05) is 0 Å². The largest absolute Gasteiger partial charge is 0.337 e. The Morgan fingerprint density at radius 1 is 1.31 bits per heavy atom. The normalized spacial score (nSPS) is 12.6. The number of nitrogens with zero attached hydrogens (tertiary/aromatic N) is 3. The van der Waals surface area contributed by atoms with E-state index in [9.17, 15) is 0 Å². The maximum absolute atomic E-state index is 6.09. The van der Waals surface area contributed by atoms with E-state index in [0.717, 1.165) is 18.7 Å². The van der Waals surface area contributed by atoms with Gasteiger partial charge in [-0.25, -0.2) is 4.98 Å². The van der Waals surface area contributed by atoms with Crippen LogP contribution < -0.4 is 5.73 Å². The van der Waals surface area contributed by atoms with Crippen molar-refractivity contribution in [3.8, 4) is 0 Å². The Bertz CT molecular complexity index is 435. The molecule has 0 fully saturated rings. The average Bonchev–Trinajstić information content (AvgIpc) is 2.74. The quantitative estimate of drug-likeness (QED) is 0.841. The molecule has 0 amide bonds. The van der Waals surface area contributed by atoms with E-state index in [4.69, 9.17) is 5.73 Å². The van der Waals surface area contributed by atoms with Crippen molar-refractivity contribution in [2.75, 3.05) is 0 Å². The van der Waals surface area contributed by atoms with E-state index >= 15 is 0 Å². The van der Waals surface area contributed by atoms with Crippen LogP contribution in [0.15, 0.2) is 36.9 Å². The van der Waals surface area contributed by atoms with E-state index in [0.29, 0.717) is 0 Å². The summed E-state index contributed by atoms with van der Waals surface area (Å²) in [4.78, 5) is 8.24. The minimum Gasteiger partial charge on any atom is -0.337 e. The Morgan fingerprint density at radius 3 is 2.69 bits per heavy atom. The lowest BCUT2D eigenvalue weighted by atomic mass is 10.1. The number of hydrogen-bond acceptors (Lipinski definition) is 3. The summed E-state index contributed by atoms with van der Waals surface area (Å²) in [5.74, 6) is 0.939. The van der Waals surface area contributed by atoms with Crippen LogP contribution in [0.1, 0.15) is 23.9 Å². The lowest BCUT2D eigenvalue weighted by molar-refractivity contribution is 0.588. The molecule has 2 N–H and O–H groups in total. The Kier molecular flexibility index (Phi) is 3.31. The fourth-order valence-electron chi connectivity index (χ4n) is 1.74. The van der Waals surface area contributed by atoms with E-state index in [1.165, 1.54) is 5.56 Å². The minimum atomic E-state index is -0.00633. The van der Waals surface area contributed by atoms with Crippen LogP contribution in [0.4, 0.5) is 0 Å². The molecule has 0 spiro atoms. The second-order valence-electron chi connectivity index (χ2n) is 3.90. The minimum absolute atomic E-state index is 0.00633. The molecule has 2 aromatic heterocycles. The van der Waals surface area contributed by atoms with Gasteiger partial charge in [-0.2, -0.15) is 0 Å². The predicted molar refractivity (Wildman–Crippen MR) is 62.7 cm³/mol. The van der Waals surface area contributed by atoms with Crippen LogP contribution >= 0.6 is 0 Å². The number of aromatic nitrogens is 3. The van der Waals surface area contributed by atoms with Crippen molar-refractivity contribution in [1.29, 1.82) is 0 Å². The van der Waals surface area contributed by atoms with Gasteiger partial charge >= 0.3 is 0 Å². The fraction of sp³-hybridized carbons (Fsp3) is 0.333. The number of imidazole rings is 1. The molecule has 1 unspecified atom stereocenters. The molecule has 4 nitrogen and oxygen atoms in total. The summed E-state index contributed by atoms with van der Waals surface area (Å²) in [7, 11) is 1.97. The van der Waals surface area contributed by atoms with Crippen molar-refractivity contribution in [1.82, 2.24) is 14.5 Å². The van der Waals surface area contributed by atoms with Crippen molar-refractivity contribution < 1.29 is 0 Å². The summed E-state index contributed by atoms with van der Waals surface area (Å²) < 4.78 is 1.97. The molecule has 0 aliphatic rings. The molecular weight excluding hydrogens is 200 g/mol. The van der Waals surface area contributed by atoms with E-state index in [-0.39, 0.29) is 6.04 Å². The van der Waals surface area contributed by atoms with Gasteiger partial charge in [0.2, 0.25) is 0 Å². The van der Waals surface area contributed by atoms with Gasteiger partial charge < -0.3 is 10.3 Å². The van der Waals surface area contributed by atoms with Crippen LogP contribution in [-0.2, 0) is 13.5 Å². The number of nitrogens with two attached hydrogens (primary N) is 1. The SMILES string of the molecule is Cn1ccnc1C(N)CCc1ccncc1. The maximum atomic E-state index is 6.09. The first-order valence-corrected chi connectivity index (χ1v) is 5.39. The van der Waals surface area contributed by atoms with Gasteiger partial charge in [0.25, 0.3) is 0 Å². The molecule has 0 aromatic carbocycles. The summed E-state index contributed by atoms with van der Waals surface area (Å²) in [5, 5.41) is 0. The molecule has 0 saturated heterocycles. The highest BCUT2D eigenvalue weighted by Crippen LogP contribution is 2.14. The van der Waals surface area contributed by atoms with Crippen molar-refractivity contribution in [2.24, 2.45) is 12.8 Å². The van der Waals surface area contributed by atoms with Crippen molar-refractivity contribution in [3.05, 3.63) is 48.3 Å². The number of rotatable bonds is 4. The third-order valence-electron chi connectivity index (χ3n) is 2.68. The van der Waals surface area contributed by atoms with Gasteiger partial charge in [0.1, 0.15) is 5.82 Å². The topological polar surface area (TPSA) is 56.7 Å².